The van der Waals surface area contributed by atoms with Gasteiger partial charge in [0.2, 0.25) is 0 Å². The van der Waals surface area contributed by atoms with E-state index in [1.54, 1.807) is 0 Å². The Morgan fingerprint density at radius 3 is 2.27 bits per heavy atom. The van der Waals surface area contributed by atoms with Gasteiger partial charge in [0.05, 0.1) is 5.88 Å². The highest BCUT2D eigenvalue weighted by Crippen LogP contribution is 2.24. The van der Waals surface area contributed by atoms with Crippen LogP contribution in [0.3, 0.4) is 0 Å². The molecule has 0 N–H and O–H groups in total. The van der Waals surface area contributed by atoms with E-state index in [-0.39, 0.29) is 5.41 Å². The second kappa shape index (κ2) is 2.90. The normalized spacial score (nSPS) is 12.0. The van der Waals surface area contributed by atoms with Crippen LogP contribution >= 0.6 is 11.6 Å². The van der Waals surface area contributed by atoms with Crippen LogP contribution in [0.1, 0.15) is 32.3 Å². The van der Waals surface area contributed by atoms with Crippen molar-refractivity contribution < 1.29 is 4.42 Å². The van der Waals surface area contributed by atoms with Crippen molar-refractivity contribution in [1.29, 1.82) is 0 Å². The quantitative estimate of drug-likeness (QED) is 0.593. The molecule has 0 atom stereocenters. The van der Waals surface area contributed by atoms with Gasteiger partial charge in [-0.3, -0.25) is 0 Å². The Hall–Kier alpha value is -0.430. The van der Waals surface area contributed by atoms with Gasteiger partial charge in [0.25, 0.3) is 0 Å². The molecule has 0 aliphatic rings. The molecule has 0 spiro atoms. The van der Waals surface area contributed by atoms with Gasteiger partial charge >= 0.3 is 0 Å². The first-order valence-corrected chi connectivity index (χ1v) is 4.22. The fraction of sp³-hybridized carbons (Fsp3) is 0.556. The van der Waals surface area contributed by atoms with Gasteiger partial charge in [-0.2, -0.15) is 0 Å². The molecule has 0 saturated heterocycles. The summed E-state index contributed by atoms with van der Waals surface area (Å²) in [5, 5.41) is 0. The molecule has 1 aromatic rings. The van der Waals surface area contributed by atoms with E-state index in [9.17, 15) is 0 Å². The molecular formula is C9H13ClO. The van der Waals surface area contributed by atoms with Crippen molar-refractivity contribution in [2.24, 2.45) is 0 Å². The first-order valence-electron chi connectivity index (χ1n) is 3.69. The number of furan rings is 1. The lowest BCUT2D eigenvalue weighted by molar-refractivity contribution is 0.393. The van der Waals surface area contributed by atoms with Gasteiger partial charge in [0.1, 0.15) is 11.5 Å². The fourth-order valence-corrected chi connectivity index (χ4v) is 0.996. The second-order valence-corrected chi connectivity index (χ2v) is 3.92. The van der Waals surface area contributed by atoms with E-state index >= 15 is 0 Å². The van der Waals surface area contributed by atoms with Gasteiger partial charge in [-0.25, -0.2) is 0 Å². The maximum Gasteiger partial charge on any atom is 0.118 e. The molecule has 0 unspecified atom stereocenters. The lowest BCUT2D eigenvalue weighted by Crippen LogP contribution is -2.08. The van der Waals surface area contributed by atoms with Crippen LogP contribution in [0.5, 0.6) is 0 Å². The summed E-state index contributed by atoms with van der Waals surface area (Å²) in [7, 11) is 0. The predicted octanol–water partition coefficient (Wildman–Crippen LogP) is 3.32. The molecule has 0 saturated carbocycles. The van der Waals surface area contributed by atoms with Crippen LogP contribution in [-0.2, 0) is 11.3 Å². The van der Waals surface area contributed by atoms with Crippen molar-refractivity contribution in [1.82, 2.24) is 0 Å². The van der Waals surface area contributed by atoms with E-state index in [2.05, 4.69) is 20.8 Å². The predicted molar refractivity (Wildman–Crippen MR) is 47.0 cm³/mol. The minimum Gasteiger partial charge on any atom is -0.464 e. The van der Waals surface area contributed by atoms with E-state index in [1.807, 2.05) is 12.1 Å². The number of hydrogen-bond donors (Lipinski definition) is 0. The van der Waals surface area contributed by atoms with Crippen LogP contribution in [0.25, 0.3) is 0 Å². The Kier molecular flexibility index (Phi) is 2.28. The molecule has 0 fully saturated rings. The van der Waals surface area contributed by atoms with Crippen LogP contribution in [0.15, 0.2) is 16.5 Å². The molecular weight excluding hydrogens is 160 g/mol. The lowest BCUT2D eigenvalue weighted by atomic mass is 9.94. The molecule has 0 amide bonds. The lowest BCUT2D eigenvalue weighted by Gasteiger charge is -2.13. The Morgan fingerprint density at radius 1 is 1.36 bits per heavy atom. The molecule has 0 aliphatic carbocycles. The van der Waals surface area contributed by atoms with E-state index in [4.69, 9.17) is 16.0 Å². The van der Waals surface area contributed by atoms with Gasteiger partial charge in [0.15, 0.2) is 0 Å². The number of halogens is 1. The zero-order chi connectivity index (χ0) is 8.48. The summed E-state index contributed by atoms with van der Waals surface area (Å²) >= 11 is 5.60. The van der Waals surface area contributed by atoms with Crippen LogP contribution in [0.4, 0.5) is 0 Å². The Bertz CT molecular complexity index is 232. The number of alkyl halides is 1. The van der Waals surface area contributed by atoms with Gasteiger partial charge in [-0.15, -0.1) is 11.6 Å². The fourth-order valence-electron chi connectivity index (χ4n) is 0.853. The summed E-state index contributed by atoms with van der Waals surface area (Å²) in [5.74, 6) is 2.29. The smallest absolute Gasteiger partial charge is 0.118 e. The summed E-state index contributed by atoms with van der Waals surface area (Å²) in [6.07, 6.45) is 0. The van der Waals surface area contributed by atoms with Gasteiger partial charge in [-0.05, 0) is 12.1 Å². The van der Waals surface area contributed by atoms with Gasteiger partial charge < -0.3 is 4.42 Å². The standard InChI is InChI=1S/C9H13ClO/c1-9(2,3)8-5-4-7(6-10)11-8/h4-5H,6H2,1-3H3. The number of hydrogen-bond acceptors (Lipinski definition) is 1. The van der Waals surface area contributed by atoms with Crippen LogP contribution < -0.4 is 0 Å². The average Bonchev–Trinajstić information content (AvgIpc) is 2.32. The largest absolute Gasteiger partial charge is 0.464 e. The van der Waals surface area contributed by atoms with Gasteiger partial charge in [0, 0.05) is 5.41 Å². The first kappa shape index (κ1) is 8.66. The maximum absolute atomic E-state index is 5.60. The highest BCUT2D eigenvalue weighted by Gasteiger charge is 2.17. The van der Waals surface area contributed by atoms with Crippen LogP contribution in [0.2, 0.25) is 0 Å². The van der Waals surface area contributed by atoms with E-state index in [0.717, 1.165) is 11.5 Å². The third-order valence-corrected chi connectivity index (χ3v) is 1.80. The van der Waals surface area contributed by atoms with Crippen LogP contribution in [-0.4, -0.2) is 0 Å². The molecule has 0 aromatic carbocycles. The Balaban J connectivity index is 2.89. The monoisotopic (exact) mass is 172 g/mol. The topological polar surface area (TPSA) is 13.1 Å². The summed E-state index contributed by atoms with van der Waals surface area (Å²) < 4.78 is 5.47. The van der Waals surface area contributed by atoms with Crippen molar-refractivity contribution in [2.75, 3.05) is 0 Å². The molecule has 1 heterocycles. The van der Waals surface area contributed by atoms with Gasteiger partial charge in [-0.1, -0.05) is 20.8 Å². The molecule has 1 aromatic heterocycles. The zero-order valence-corrected chi connectivity index (χ0v) is 7.90. The Labute approximate surface area is 72.4 Å². The summed E-state index contributed by atoms with van der Waals surface area (Å²) in [4.78, 5) is 0. The summed E-state index contributed by atoms with van der Waals surface area (Å²) in [6.45, 7) is 6.34. The number of rotatable bonds is 1. The van der Waals surface area contributed by atoms with Crippen molar-refractivity contribution >= 4 is 11.6 Å². The third kappa shape index (κ3) is 2.00. The second-order valence-electron chi connectivity index (χ2n) is 3.65. The molecule has 0 bridgehead atoms. The highest BCUT2D eigenvalue weighted by molar-refractivity contribution is 6.16. The molecule has 0 aliphatic heterocycles. The summed E-state index contributed by atoms with van der Waals surface area (Å²) in [6, 6.07) is 3.91. The Morgan fingerprint density at radius 2 is 2.00 bits per heavy atom. The van der Waals surface area contributed by atoms with Crippen molar-refractivity contribution in [3.05, 3.63) is 23.7 Å². The van der Waals surface area contributed by atoms with E-state index in [0.29, 0.717) is 5.88 Å². The molecule has 62 valence electrons. The molecule has 2 heteroatoms. The van der Waals surface area contributed by atoms with Crippen molar-refractivity contribution in [2.45, 2.75) is 32.1 Å². The first-order chi connectivity index (χ1) is 5.04. The molecule has 11 heavy (non-hydrogen) atoms. The summed E-state index contributed by atoms with van der Waals surface area (Å²) in [5.41, 5.74) is 0.0876. The van der Waals surface area contributed by atoms with E-state index in [1.165, 1.54) is 0 Å². The average molecular weight is 173 g/mol. The van der Waals surface area contributed by atoms with Crippen molar-refractivity contribution in [3.63, 3.8) is 0 Å². The zero-order valence-electron chi connectivity index (χ0n) is 7.15. The third-order valence-electron chi connectivity index (χ3n) is 1.53. The highest BCUT2D eigenvalue weighted by atomic mass is 35.5. The maximum atomic E-state index is 5.60. The van der Waals surface area contributed by atoms with Crippen molar-refractivity contribution in [3.8, 4) is 0 Å². The molecule has 1 rings (SSSR count). The van der Waals surface area contributed by atoms with E-state index < -0.39 is 0 Å². The SMILES string of the molecule is CC(C)(C)c1ccc(CCl)o1. The minimum absolute atomic E-state index is 0.0876. The van der Waals surface area contributed by atoms with Crippen LogP contribution in [0, 0.1) is 0 Å². The molecule has 1 nitrogen and oxygen atoms in total. The minimum atomic E-state index is 0.0876. The molecule has 0 radical (unpaired) electrons.